The fourth-order valence-electron chi connectivity index (χ4n) is 1.98. The Bertz CT molecular complexity index is 189. The lowest BCUT2D eigenvalue weighted by atomic mass is 10.0. The van der Waals surface area contributed by atoms with E-state index in [2.05, 4.69) is 13.8 Å². The van der Waals surface area contributed by atoms with Gasteiger partial charge < -0.3 is 9.80 Å². The lowest BCUT2D eigenvalue weighted by Crippen LogP contribution is -2.44. The van der Waals surface area contributed by atoms with E-state index in [1.807, 2.05) is 19.0 Å². The highest BCUT2D eigenvalue weighted by Gasteiger charge is 2.31. The molecule has 1 aliphatic heterocycles. The smallest absolute Gasteiger partial charge is 0.319 e. The zero-order valence-corrected chi connectivity index (χ0v) is 9.08. The Morgan fingerprint density at radius 3 is 2.54 bits per heavy atom. The highest BCUT2D eigenvalue weighted by Crippen LogP contribution is 2.24. The summed E-state index contributed by atoms with van der Waals surface area (Å²) in [6.45, 7) is 5.30. The topological polar surface area (TPSA) is 23.6 Å². The standard InChI is InChI=1S/C10H20N2O/c1-8(2)9-6-5-7-12(9)10(13)11(3)4/h8-9H,5-7H2,1-4H3. The van der Waals surface area contributed by atoms with Crippen LogP contribution in [0.1, 0.15) is 26.7 Å². The summed E-state index contributed by atoms with van der Waals surface area (Å²) in [7, 11) is 3.64. The second kappa shape index (κ2) is 3.99. The van der Waals surface area contributed by atoms with Crippen LogP contribution in [0.15, 0.2) is 0 Å². The number of carbonyl (C=O) groups is 1. The van der Waals surface area contributed by atoms with Gasteiger partial charge in [-0.15, -0.1) is 0 Å². The molecular weight excluding hydrogens is 164 g/mol. The van der Waals surface area contributed by atoms with Crippen molar-refractivity contribution in [1.82, 2.24) is 9.80 Å². The van der Waals surface area contributed by atoms with Crippen LogP contribution < -0.4 is 0 Å². The summed E-state index contributed by atoms with van der Waals surface area (Å²) in [6.07, 6.45) is 2.32. The van der Waals surface area contributed by atoms with Gasteiger partial charge in [-0.2, -0.15) is 0 Å². The lowest BCUT2D eigenvalue weighted by molar-refractivity contribution is 0.154. The van der Waals surface area contributed by atoms with Crippen molar-refractivity contribution in [2.24, 2.45) is 5.92 Å². The number of amides is 2. The molecule has 0 aromatic carbocycles. The first-order valence-electron chi connectivity index (χ1n) is 5.02. The van der Waals surface area contributed by atoms with Crippen LogP contribution in [0.5, 0.6) is 0 Å². The summed E-state index contributed by atoms with van der Waals surface area (Å²) in [5.74, 6) is 0.575. The van der Waals surface area contributed by atoms with E-state index in [0.717, 1.165) is 19.4 Å². The average molecular weight is 184 g/mol. The van der Waals surface area contributed by atoms with Crippen LogP contribution in [0.25, 0.3) is 0 Å². The quantitative estimate of drug-likeness (QED) is 0.609. The number of hydrogen-bond donors (Lipinski definition) is 0. The van der Waals surface area contributed by atoms with E-state index in [1.165, 1.54) is 0 Å². The van der Waals surface area contributed by atoms with Crippen molar-refractivity contribution in [2.75, 3.05) is 20.6 Å². The Morgan fingerprint density at radius 1 is 1.46 bits per heavy atom. The van der Waals surface area contributed by atoms with Crippen LogP contribution in [-0.2, 0) is 0 Å². The summed E-state index contributed by atoms with van der Waals surface area (Å²) < 4.78 is 0. The molecule has 1 unspecified atom stereocenters. The molecule has 0 bridgehead atoms. The van der Waals surface area contributed by atoms with E-state index in [1.54, 1.807) is 4.90 Å². The van der Waals surface area contributed by atoms with E-state index in [0.29, 0.717) is 12.0 Å². The monoisotopic (exact) mass is 184 g/mol. The first kappa shape index (κ1) is 10.4. The lowest BCUT2D eigenvalue weighted by Gasteiger charge is -2.30. The molecule has 3 nitrogen and oxygen atoms in total. The second-order valence-electron chi connectivity index (χ2n) is 4.32. The minimum absolute atomic E-state index is 0.163. The van der Waals surface area contributed by atoms with Crippen LogP contribution in [0.2, 0.25) is 0 Å². The number of urea groups is 1. The number of carbonyl (C=O) groups excluding carboxylic acids is 1. The van der Waals surface area contributed by atoms with Gasteiger partial charge in [0.25, 0.3) is 0 Å². The van der Waals surface area contributed by atoms with Gasteiger partial charge in [0.05, 0.1) is 0 Å². The van der Waals surface area contributed by atoms with Gasteiger partial charge in [-0.3, -0.25) is 0 Å². The number of hydrogen-bond acceptors (Lipinski definition) is 1. The SMILES string of the molecule is CC(C)C1CCCN1C(=O)N(C)C. The van der Waals surface area contributed by atoms with Crippen LogP contribution in [-0.4, -0.2) is 42.5 Å². The molecule has 0 radical (unpaired) electrons. The molecule has 1 rings (SSSR count). The minimum Gasteiger partial charge on any atom is -0.331 e. The molecule has 1 saturated heterocycles. The maximum atomic E-state index is 11.7. The molecule has 1 heterocycles. The zero-order valence-electron chi connectivity index (χ0n) is 9.08. The molecular formula is C10H20N2O. The van der Waals surface area contributed by atoms with Crippen molar-refractivity contribution >= 4 is 6.03 Å². The van der Waals surface area contributed by atoms with Crippen LogP contribution in [0.3, 0.4) is 0 Å². The van der Waals surface area contributed by atoms with Gasteiger partial charge in [-0.05, 0) is 18.8 Å². The fourth-order valence-corrected chi connectivity index (χ4v) is 1.98. The van der Waals surface area contributed by atoms with Gasteiger partial charge in [-0.1, -0.05) is 13.8 Å². The molecule has 0 aliphatic carbocycles. The Hall–Kier alpha value is -0.730. The van der Waals surface area contributed by atoms with Crippen LogP contribution >= 0.6 is 0 Å². The van der Waals surface area contributed by atoms with Gasteiger partial charge in [0, 0.05) is 26.7 Å². The maximum Gasteiger partial charge on any atom is 0.319 e. The third-order valence-electron chi connectivity index (χ3n) is 2.70. The highest BCUT2D eigenvalue weighted by molar-refractivity contribution is 5.74. The van der Waals surface area contributed by atoms with Gasteiger partial charge in [-0.25, -0.2) is 4.79 Å². The zero-order chi connectivity index (χ0) is 10.0. The van der Waals surface area contributed by atoms with E-state index < -0.39 is 0 Å². The van der Waals surface area contributed by atoms with E-state index in [9.17, 15) is 4.79 Å². The van der Waals surface area contributed by atoms with E-state index >= 15 is 0 Å². The van der Waals surface area contributed by atoms with E-state index in [-0.39, 0.29) is 6.03 Å². The molecule has 0 N–H and O–H groups in total. The molecule has 76 valence electrons. The van der Waals surface area contributed by atoms with Crippen molar-refractivity contribution in [2.45, 2.75) is 32.7 Å². The second-order valence-corrected chi connectivity index (χ2v) is 4.32. The van der Waals surface area contributed by atoms with E-state index in [4.69, 9.17) is 0 Å². The van der Waals surface area contributed by atoms with Gasteiger partial charge in [0.15, 0.2) is 0 Å². The Morgan fingerprint density at radius 2 is 2.08 bits per heavy atom. The average Bonchev–Trinajstić information content (AvgIpc) is 2.50. The highest BCUT2D eigenvalue weighted by atomic mass is 16.2. The molecule has 1 aliphatic rings. The van der Waals surface area contributed by atoms with Gasteiger partial charge >= 0.3 is 6.03 Å². The first-order valence-corrected chi connectivity index (χ1v) is 5.02. The van der Waals surface area contributed by atoms with Crippen molar-refractivity contribution in [3.05, 3.63) is 0 Å². The predicted octanol–water partition coefficient (Wildman–Crippen LogP) is 1.79. The summed E-state index contributed by atoms with van der Waals surface area (Å²) in [4.78, 5) is 15.4. The summed E-state index contributed by atoms with van der Waals surface area (Å²) in [5.41, 5.74) is 0. The van der Waals surface area contributed by atoms with Crippen molar-refractivity contribution in [3.63, 3.8) is 0 Å². The molecule has 3 heteroatoms. The minimum atomic E-state index is 0.163. The largest absolute Gasteiger partial charge is 0.331 e. The summed E-state index contributed by atoms with van der Waals surface area (Å²) >= 11 is 0. The Kier molecular flexibility index (Phi) is 3.17. The molecule has 1 fully saturated rings. The summed E-state index contributed by atoms with van der Waals surface area (Å²) in [5, 5.41) is 0. The van der Waals surface area contributed by atoms with Gasteiger partial charge in [0.1, 0.15) is 0 Å². The van der Waals surface area contributed by atoms with Crippen molar-refractivity contribution < 1.29 is 4.79 Å². The third-order valence-corrected chi connectivity index (χ3v) is 2.70. The third kappa shape index (κ3) is 2.14. The molecule has 13 heavy (non-hydrogen) atoms. The normalized spacial score (nSPS) is 22.5. The van der Waals surface area contributed by atoms with Crippen molar-refractivity contribution in [1.29, 1.82) is 0 Å². The first-order chi connectivity index (χ1) is 6.04. The molecule has 2 amide bonds. The van der Waals surface area contributed by atoms with Crippen LogP contribution in [0.4, 0.5) is 4.79 Å². The predicted molar refractivity (Wildman–Crippen MR) is 53.6 cm³/mol. The number of nitrogens with zero attached hydrogens (tertiary/aromatic N) is 2. The van der Waals surface area contributed by atoms with Gasteiger partial charge in [0.2, 0.25) is 0 Å². The molecule has 0 aromatic rings. The van der Waals surface area contributed by atoms with Crippen LogP contribution in [0, 0.1) is 5.92 Å². The maximum absolute atomic E-state index is 11.7. The number of rotatable bonds is 1. The Balaban J connectivity index is 2.63. The molecule has 1 atom stereocenters. The molecule has 0 aromatic heterocycles. The molecule has 0 saturated carbocycles. The number of likely N-dealkylation sites (tertiary alicyclic amines) is 1. The fraction of sp³-hybridized carbons (Fsp3) is 0.900. The molecule has 0 spiro atoms. The summed E-state index contributed by atoms with van der Waals surface area (Å²) in [6, 6.07) is 0.617. The van der Waals surface area contributed by atoms with Crippen molar-refractivity contribution in [3.8, 4) is 0 Å². The Labute approximate surface area is 80.7 Å².